The van der Waals surface area contributed by atoms with Gasteiger partial charge in [0.2, 0.25) is 0 Å². The molecule has 0 aliphatic rings. The van der Waals surface area contributed by atoms with Crippen LogP contribution >= 0.6 is 0 Å². The third-order valence-corrected chi connectivity index (χ3v) is 3.94. The number of hydrogen-bond donors (Lipinski definition) is 2. The molecule has 1 unspecified atom stereocenters. The zero-order valence-corrected chi connectivity index (χ0v) is 16.6. The van der Waals surface area contributed by atoms with Crippen LogP contribution in [0, 0.1) is 0 Å². The van der Waals surface area contributed by atoms with Crippen LogP contribution < -0.4 is 20.1 Å². The van der Waals surface area contributed by atoms with Gasteiger partial charge in [-0.25, -0.2) is 0 Å². The van der Waals surface area contributed by atoms with Gasteiger partial charge in [0, 0.05) is 25.1 Å². The van der Waals surface area contributed by atoms with Crippen LogP contribution in [0.15, 0.2) is 23.2 Å². The number of rotatable bonds is 9. The van der Waals surface area contributed by atoms with Gasteiger partial charge in [-0.1, -0.05) is 19.9 Å². The molecule has 0 aliphatic heterocycles. The summed E-state index contributed by atoms with van der Waals surface area (Å²) in [5.74, 6) is 2.25. The number of guanidine groups is 1. The van der Waals surface area contributed by atoms with Gasteiger partial charge in [-0.05, 0) is 31.5 Å². The molecule has 25 heavy (non-hydrogen) atoms. The molecule has 2 N–H and O–H groups in total. The van der Waals surface area contributed by atoms with Crippen molar-refractivity contribution in [2.45, 2.75) is 39.2 Å². The summed E-state index contributed by atoms with van der Waals surface area (Å²) in [5.41, 5.74) is 1.00. The maximum Gasteiger partial charge on any atom is 0.191 e. The lowest BCUT2D eigenvalue weighted by Gasteiger charge is -2.25. The topological polar surface area (TPSA) is 64.1 Å². The maximum atomic E-state index is 5.42. The number of nitrogens with zero attached hydrogens (tertiary/aromatic N) is 1. The summed E-state index contributed by atoms with van der Waals surface area (Å²) in [6.07, 6.45) is 0. The van der Waals surface area contributed by atoms with E-state index in [4.69, 9.17) is 19.2 Å². The average Bonchev–Trinajstić information content (AvgIpc) is 2.59. The molecule has 0 saturated carbocycles. The molecular formula is C19H33N3O3. The van der Waals surface area contributed by atoms with E-state index in [2.05, 4.69) is 44.4 Å². The van der Waals surface area contributed by atoms with Crippen molar-refractivity contribution in [2.75, 3.05) is 41.0 Å². The first-order chi connectivity index (χ1) is 11.9. The van der Waals surface area contributed by atoms with Gasteiger partial charge in [-0.2, -0.15) is 0 Å². The van der Waals surface area contributed by atoms with E-state index in [1.165, 1.54) is 0 Å². The Balaban J connectivity index is 2.92. The van der Waals surface area contributed by atoms with E-state index in [1.807, 2.05) is 12.1 Å². The van der Waals surface area contributed by atoms with Crippen molar-refractivity contribution in [3.63, 3.8) is 0 Å². The van der Waals surface area contributed by atoms with Crippen LogP contribution in [0.5, 0.6) is 11.5 Å². The SMILES string of the molecule is CCNC(=NCC(C)(C)c1ccc(OC)c(OC)c1)NC(C)COC. The van der Waals surface area contributed by atoms with Gasteiger partial charge in [-0.15, -0.1) is 0 Å². The van der Waals surface area contributed by atoms with Crippen molar-refractivity contribution in [3.8, 4) is 11.5 Å². The second kappa shape index (κ2) is 10.1. The molecule has 1 aromatic carbocycles. The summed E-state index contributed by atoms with van der Waals surface area (Å²) in [6.45, 7) is 10.5. The molecule has 0 radical (unpaired) electrons. The number of benzene rings is 1. The molecule has 0 aliphatic carbocycles. The Morgan fingerprint density at radius 3 is 2.40 bits per heavy atom. The van der Waals surface area contributed by atoms with Crippen LogP contribution in [0.2, 0.25) is 0 Å². The van der Waals surface area contributed by atoms with E-state index in [1.54, 1.807) is 21.3 Å². The number of hydrogen-bond acceptors (Lipinski definition) is 4. The van der Waals surface area contributed by atoms with E-state index < -0.39 is 0 Å². The van der Waals surface area contributed by atoms with Gasteiger partial charge < -0.3 is 24.8 Å². The second-order valence-corrected chi connectivity index (χ2v) is 6.65. The standard InChI is InChI=1S/C19H33N3O3/c1-8-20-18(22-14(2)12-23-5)21-13-19(3,4)15-9-10-16(24-6)17(11-15)25-7/h9-11,14H,8,12-13H2,1-7H3,(H2,20,21,22). The first-order valence-electron chi connectivity index (χ1n) is 8.64. The molecule has 6 nitrogen and oxygen atoms in total. The molecule has 0 saturated heterocycles. The summed E-state index contributed by atoms with van der Waals surface area (Å²) in [6, 6.07) is 6.20. The Bertz CT molecular complexity index is 559. The lowest BCUT2D eigenvalue weighted by atomic mass is 9.84. The lowest BCUT2D eigenvalue weighted by Crippen LogP contribution is -2.44. The fourth-order valence-corrected chi connectivity index (χ4v) is 2.47. The van der Waals surface area contributed by atoms with Crippen LogP contribution in [-0.4, -0.2) is 53.0 Å². The average molecular weight is 351 g/mol. The van der Waals surface area contributed by atoms with Gasteiger partial charge in [0.1, 0.15) is 0 Å². The zero-order valence-electron chi connectivity index (χ0n) is 16.6. The van der Waals surface area contributed by atoms with Crippen molar-refractivity contribution in [3.05, 3.63) is 23.8 Å². The molecule has 0 heterocycles. The molecule has 0 amide bonds. The smallest absolute Gasteiger partial charge is 0.191 e. The van der Waals surface area contributed by atoms with E-state index in [-0.39, 0.29) is 11.5 Å². The molecule has 1 rings (SSSR count). The van der Waals surface area contributed by atoms with Crippen molar-refractivity contribution >= 4 is 5.96 Å². The van der Waals surface area contributed by atoms with Gasteiger partial charge in [0.25, 0.3) is 0 Å². The highest BCUT2D eigenvalue weighted by atomic mass is 16.5. The Morgan fingerprint density at radius 2 is 1.84 bits per heavy atom. The predicted octanol–water partition coefficient (Wildman–Crippen LogP) is 2.57. The van der Waals surface area contributed by atoms with E-state index in [0.717, 1.165) is 29.6 Å². The fraction of sp³-hybridized carbons (Fsp3) is 0.632. The fourth-order valence-electron chi connectivity index (χ4n) is 2.47. The predicted molar refractivity (Wildman–Crippen MR) is 103 cm³/mol. The van der Waals surface area contributed by atoms with Crippen LogP contribution in [-0.2, 0) is 10.2 Å². The van der Waals surface area contributed by atoms with Crippen molar-refractivity contribution in [1.82, 2.24) is 10.6 Å². The minimum atomic E-state index is -0.146. The van der Waals surface area contributed by atoms with Crippen LogP contribution in [0.4, 0.5) is 0 Å². The zero-order chi connectivity index (χ0) is 18.9. The number of methoxy groups -OCH3 is 3. The molecular weight excluding hydrogens is 318 g/mol. The monoisotopic (exact) mass is 351 g/mol. The van der Waals surface area contributed by atoms with Gasteiger partial charge in [-0.3, -0.25) is 4.99 Å². The molecule has 1 aromatic rings. The molecule has 1 atom stereocenters. The van der Waals surface area contributed by atoms with E-state index >= 15 is 0 Å². The number of ether oxygens (including phenoxy) is 3. The Kier molecular flexibility index (Phi) is 8.55. The minimum absolute atomic E-state index is 0.146. The Morgan fingerprint density at radius 1 is 1.16 bits per heavy atom. The molecule has 6 heteroatoms. The van der Waals surface area contributed by atoms with Gasteiger partial charge >= 0.3 is 0 Å². The first-order valence-corrected chi connectivity index (χ1v) is 8.64. The minimum Gasteiger partial charge on any atom is -0.493 e. The third kappa shape index (κ3) is 6.46. The third-order valence-electron chi connectivity index (χ3n) is 3.94. The van der Waals surface area contributed by atoms with Crippen molar-refractivity contribution < 1.29 is 14.2 Å². The van der Waals surface area contributed by atoms with E-state index in [0.29, 0.717) is 13.2 Å². The van der Waals surface area contributed by atoms with Crippen LogP contribution in [0.25, 0.3) is 0 Å². The number of aliphatic imine (C=N–C) groups is 1. The van der Waals surface area contributed by atoms with Crippen molar-refractivity contribution in [1.29, 1.82) is 0 Å². The highest BCUT2D eigenvalue weighted by Crippen LogP contribution is 2.33. The van der Waals surface area contributed by atoms with Crippen molar-refractivity contribution in [2.24, 2.45) is 4.99 Å². The maximum absolute atomic E-state index is 5.42. The number of nitrogens with one attached hydrogen (secondary N) is 2. The molecule has 0 aromatic heterocycles. The van der Waals surface area contributed by atoms with Gasteiger partial charge in [0.15, 0.2) is 17.5 Å². The van der Waals surface area contributed by atoms with Crippen LogP contribution in [0.3, 0.4) is 0 Å². The Hall–Kier alpha value is -1.95. The molecule has 0 spiro atoms. The summed E-state index contributed by atoms with van der Waals surface area (Å²) < 4.78 is 15.9. The largest absolute Gasteiger partial charge is 0.493 e. The second-order valence-electron chi connectivity index (χ2n) is 6.65. The molecule has 0 bridgehead atoms. The summed E-state index contributed by atoms with van der Waals surface area (Å²) in [4.78, 5) is 4.75. The van der Waals surface area contributed by atoms with Crippen LogP contribution in [0.1, 0.15) is 33.3 Å². The Labute approximate surface area is 152 Å². The van der Waals surface area contributed by atoms with E-state index in [9.17, 15) is 0 Å². The molecule has 142 valence electrons. The summed E-state index contributed by atoms with van der Waals surface area (Å²) in [7, 11) is 4.99. The highest BCUT2D eigenvalue weighted by molar-refractivity contribution is 5.80. The summed E-state index contributed by atoms with van der Waals surface area (Å²) >= 11 is 0. The first kappa shape index (κ1) is 21.1. The lowest BCUT2D eigenvalue weighted by molar-refractivity contribution is 0.179. The van der Waals surface area contributed by atoms with Gasteiger partial charge in [0.05, 0.1) is 27.4 Å². The normalized spacial score (nSPS) is 13.3. The summed E-state index contributed by atoms with van der Waals surface area (Å²) in [5, 5.41) is 6.63. The highest BCUT2D eigenvalue weighted by Gasteiger charge is 2.22. The quantitative estimate of drug-likeness (QED) is 0.529. The molecule has 0 fully saturated rings.